The number of carbonyl (C=O) groups excluding carboxylic acids is 1. The summed E-state index contributed by atoms with van der Waals surface area (Å²) >= 11 is 12.2. The summed E-state index contributed by atoms with van der Waals surface area (Å²) in [6.07, 6.45) is 3.97. The Morgan fingerprint density at radius 1 is 1.08 bits per heavy atom. The molecule has 0 fully saturated rings. The Balaban J connectivity index is 1.54. The number of carbonyl (C=O) groups is 1. The van der Waals surface area contributed by atoms with Gasteiger partial charge in [0.25, 0.3) is 11.5 Å². The predicted molar refractivity (Wildman–Crippen MR) is 145 cm³/mol. The van der Waals surface area contributed by atoms with Gasteiger partial charge in [-0.2, -0.15) is 5.10 Å². The molecular formula is C27H26Cl2N6O2. The molecule has 0 saturated carbocycles. The van der Waals surface area contributed by atoms with Crippen LogP contribution >= 0.6 is 23.2 Å². The van der Waals surface area contributed by atoms with Crippen LogP contribution in [-0.4, -0.2) is 42.2 Å². The van der Waals surface area contributed by atoms with Crippen molar-refractivity contribution in [1.82, 2.24) is 24.2 Å². The molecule has 190 valence electrons. The van der Waals surface area contributed by atoms with E-state index in [1.807, 2.05) is 57.3 Å². The molecule has 1 N–H and O–H groups in total. The number of nitrogens with zero attached hydrogens (tertiary/aromatic N) is 5. The second-order valence-electron chi connectivity index (χ2n) is 9.38. The highest BCUT2D eigenvalue weighted by Crippen LogP contribution is 2.27. The molecule has 0 saturated heterocycles. The van der Waals surface area contributed by atoms with Crippen LogP contribution in [-0.2, 0) is 13.0 Å². The predicted octanol–water partition coefficient (Wildman–Crippen LogP) is 5.13. The second-order valence-corrected chi connectivity index (χ2v) is 10.2. The highest BCUT2D eigenvalue weighted by Gasteiger charge is 2.32. The number of hydrogen-bond acceptors (Lipinski definition) is 5. The second kappa shape index (κ2) is 10.0. The number of rotatable bonds is 5. The van der Waals surface area contributed by atoms with Gasteiger partial charge in [0.1, 0.15) is 0 Å². The van der Waals surface area contributed by atoms with Crippen LogP contribution < -0.4 is 10.9 Å². The lowest BCUT2D eigenvalue weighted by Crippen LogP contribution is -2.46. The average molecular weight is 537 g/mol. The summed E-state index contributed by atoms with van der Waals surface area (Å²) < 4.78 is 3.36. The lowest BCUT2D eigenvalue weighted by molar-refractivity contribution is 0.0653. The van der Waals surface area contributed by atoms with Crippen LogP contribution in [0, 0.1) is 0 Å². The molecule has 1 aliphatic heterocycles. The van der Waals surface area contributed by atoms with Crippen LogP contribution in [0.2, 0.25) is 10.0 Å². The van der Waals surface area contributed by atoms with Crippen molar-refractivity contribution in [1.29, 1.82) is 0 Å². The lowest BCUT2D eigenvalue weighted by Gasteiger charge is -2.34. The summed E-state index contributed by atoms with van der Waals surface area (Å²) in [5, 5.41) is 8.27. The van der Waals surface area contributed by atoms with E-state index in [4.69, 9.17) is 28.2 Å². The van der Waals surface area contributed by atoms with Crippen LogP contribution in [0.3, 0.4) is 0 Å². The quantitative estimate of drug-likeness (QED) is 0.382. The van der Waals surface area contributed by atoms with Crippen LogP contribution in [0.15, 0.2) is 65.7 Å². The Morgan fingerprint density at radius 3 is 2.46 bits per heavy atom. The van der Waals surface area contributed by atoms with Gasteiger partial charge in [-0.05, 0) is 75.7 Å². The van der Waals surface area contributed by atoms with Gasteiger partial charge in [0, 0.05) is 35.6 Å². The Labute approximate surface area is 224 Å². The molecule has 5 rings (SSSR count). The zero-order valence-electron chi connectivity index (χ0n) is 20.7. The first kappa shape index (κ1) is 25.0. The third-order valence-corrected chi connectivity index (χ3v) is 7.08. The molecular weight excluding hydrogens is 511 g/mol. The lowest BCUT2D eigenvalue weighted by atomic mass is 9.98. The minimum atomic E-state index is -0.205. The number of hydrogen-bond donors (Lipinski definition) is 1. The van der Waals surface area contributed by atoms with E-state index in [0.29, 0.717) is 44.9 Å². The normalized spacial score (nSPS) is 15.1. The van der Waals surface area contributed by atoms with Crippen molar-refractivity contribution >= 4 is 35.1 Å². The molecule has 0 bridgehead atoms. The van der Waals surface area contributed by atoms with E-state index in [2.05, 4.69) is 10.4 Å². The van der Waals surface area contributed by atoms with Gasteiger partial charge in [0.15, 0.2) is 0 Å². The van der Waals surface area contributed by atoms with Crippen molar-refractivity contribution in [2.24, 2.45) is 0 Å². The molecule has 4 aromatic rings. The van der Waals surface area contributed by atoms with Gasteiger partial charge in [0.05, 0.1) is 33.7 Å². The molecule has 1 aliphatic rings. The zero-order chi connectivity index (χ0) is 26.3. The number of anilines is 1. The fourth-order valence-electron chi connectivity index (χ4n) is 4.50. The molecule has 37 heavy (non-hydrogen) atoms. The summed E-state index contributed by atoms with van der Waals surface area (Å²) in [4.78, 5) is 33.7. The van der Waals surface area contributed by atoms with E-state index in [0.717, 1.165) is 5.69 Å². The Bertz CT molecular complexity index is 1510. The minimum Gasteiger partial charge on any atom is -0.353 e. The number of benzene rings is 2. The Morgan fingerprint density at radius 2 is 1.81 bits per heavy atom. The van der Waals surface area contributed by atoms with Crippen molar-refractivity contribution in [2.75, 3.05) is 5.32 Å². The fraction of sp³-hybridized carbons (Fsp3) is 0.259. The highest BCUT2D eigenvalue weighted by molar-refractivity contribution is 6.42. The first-order chi connectivity index (χ1) is 17.7. The largest absolute Gasteiger partial charge is 0.353 e. The van der Waals surface area contributed by atoms with E-state index in [1.54, 1.807) is 38.5 Å². The van der Waals surface area contributed by atoms with Crippen molar-refractivity contribution in [2.45, 2.75) is 45.8 Å². The Kier molecular flexibility index (Phi) is 6.79. The smallest absolute Gasteiger partial charge is 0.263 e. The van der Waals surface area contributed by atoms with Gasteiger partial charge >= 0.3 is 0 Å². The molecule has 2 aromatic carbocycles. The number of halogens is 2. The first-order valence-electron chi connectivity index (χ1n) is 12.0. The number of nitrogens with one attached hydrogen (secondary N) is 1. The molecule has 0 unspecified atom stereocenters. The molecule has 0 spiro atoms. The maximum atomic E-state index is 13.8. The summed E-state index contributed by atoms with van der Waals surface area (Å²) in [7, 11) is 0. The molecule has 2 aromatic heterocycles. The fourth-order valence-corrected chi connectivity index (χ4v) is 4.79. The van der Waals surface area contributed by atoms with Crippen molar-refractivity contribution in [3.8, 4) is 11.4 Å². The summed E-state index contributed by atoms with van der Waals surface area (Å²) in [5.74, 6) is 0.248. The standard InChI is InChI=1S/C27H26Cl2N6O2/c1-16(2)31-27-32-24-15-33(25(36)18-5-10-22(28)23(29)14-18)17(3)13-21(24)26(37)35(27)20-8-6-19(7-9-20)34-12-4-11-30-34/h4-12,14,16-17H,13,15H2,1-3H3,(H,31,32)/t17-/m1/s1. The molecule has 8 nitrogen and oxygen atoms in total. The van der Waals surface area contributed by atoms with Crippen LogP contribution in [0.4, 0.5) is 5.95 Å². The summed E-state index contributed by atoms with van der Waals surface area (Å²) in [5.41, 5.74) is 3.07. The SMILES string of the molecule is CC(C)Nc1nc2c(c(=O)n1-c1ccc(-n3cccn3)cc1)C[C@@H](C)N(C(=O)c1ccc(Cl)c(Cl)c1)C2. The Hall–Kier alpha value is -3.62. The van der Waals surface area contributed by atoms with E-state index in [9.17, 15) is 9.59 Å². The third kappa shape index (κ3) is 4.86. The molecule has 1 atom stereocenters. The minimum absolute atomic E-state index is 0.0380. The molecule has 0 radical (unpaired) electrons. The monoisotopic (exact) mass is 536 g/mol. The number of amides is 1. The topological polar surface area (TPSA) is 85.1 Å². The molecule has 1 amide bonds. The number of aromatic nitrogens is 4. The molecule has 10 heteroatoms. The van der Waals surface area contributed by atoms with Gasteiger partial charge in [0.2, 0.25) is 5.95 Å². The maximum Gasteiger partial charge on any atom is 0.263 e. The van der Waals surface area contributed by atoms with Crippen LogP contribution in [0.5, 0.6) is 0 Å². The zero-order valence-corrected chi connectivity index (χ0v) is 22.2. The van der Waals surface area contributed by atoms with Crippen molar-refractivity contribution in [3.05, 3.63) is 98.1 Å². The van der Waals surface area contributed by atoms with Crippen LogP contribution in [0.1, 0.15) is 42.4 Å². The van der Waals surface area contributed by atoms with E-state index >= 15 is 0 Å². The molecule has 0 aliphatic carbocycles. The van der Waals surface area contributed by atoms with E-state index in [-0.39, 0.29) is 30.1 Å². The van der Waals surface area contributed by atoms with Gasteiger partial charge < -0.3 is 10.2 Å². The van der Waals surface area contributed by atoms with Gasteiger partial charge in [-0.1, -0.05) is 23.2 Å². The van der Waals surface area contributed by atoms with Gasteiger partial charge in [-0.3, -0.25) is 9.59 Å². The maximum absolute atomic E-state index is 13.8. The van der Waals surface area contributed by atoms with E-state index in [1.165, 1.54) is 0 Å². The average Bonchev–Trinajstić information content (AvgIpc) is 3.41. The number of fused-ring (bicyclic) bond motifs is 1. The van der Waals surface area contributed by atoms with E-state index < -0.39 is 0 Å². The summed E-state index contributed by atoms with van der Waals surface area (Å²) in [6, 6.07) is 14.1. The summed E-state index contributed by atoms with van der Waals surface area (Å²) in [6.45, 7) is 6.12. The van der Waals surface area contributed by atoms with Crippen LogP contribution in [0.25, 0.3) is 11.4 Å². The molecule has 3 heterocycles. The van der Waals surface area contributed by atoms with Crippen molar-refractivity contribution in [3.63, 3.8) is 0 Å². The third-order valence-electron chi connectivity index (χ3n) is 6.34. The van der Waals surface area contributed by atoms with Gasteiger partial charge in [-0.15, -0.1) is 0 Å². The van der Waals surface area contributed by atoms with Crippen molar-refractivity contribution < 1.29 is 4.79 Å². The van der Waals surface area contributed by atoms with Gasteiger partial charge in [-0.25, -0.2) is 14.2 Å². The first-order valence-corrected chi connectivity index (χ1v) is 12.8. The highest BCUT2D eigenvalue weighted by atomic mass is 35.5.